The standard InChI is InChI=1S/C18H30O4/c1-2-3-4-5-6-8-11-14-17(22-21)15-12-9-7-10-13-16-18(19)20/h6,8-9,11-12,14,17,21H,2-5,7,10,13,15-16H2,1H3,(H,19,20)/t17-/m1/s1. The molecule has 0 bridgehead atoms. The van der Waals surface area contributed by atoms with Gasteiger partial charge in [0.05, 0.1) is 0 Å². The molecule has 126 valence electrons. The second-order valence-electron chi connectivity index (χ2n) is 5.30. The topological polar surface area (TPSA) is 66.8 Å². The monoisotopic (exact) mass is 310 g/mol. The van der Waals surface area contributed by atoms with Gasteiger partial charge >= 0.3 is 5.97 Å². The van der Waals surface area contributed by atoms with Crippen LogP contribution in [0.5, 0.6) is 0 Å². The molecular formula is C18H30O4. The van der Waals surface area contributed by atoms with Crippen LogP contribution in [0.4, 0.5) is 0 Å². The van der Waals surface area contributed by atoms with Crippen LogP contribution in [0.3, 0.4) is 0 Å². The summed E-state index contributed by atoms with van der Waals surface area (Å²) in [5.74, 6) is -0.745. The van der Waals surface area contributed by atoms with E-state index in [-0.39, 0.29) is 12.5 Å². The molecule has 22 heavy (non-hydrogen) atoms. The Morgan fingerprint density at radius 2 is 1.77 bits per heavy atom. The van der Waals surface area contributed by atoms with Gasteiger partial charge in [-0.05, 0) is 38.5 Å². The van der Waals surface area contributed by atoms with E-state index < -0.39 is 5.97 Å². The molecule has 4 nitrogen and oxygen atoms in total. The number of carbonyl (C=O) groups is 1. The van der Waals surface area contributed by atoms with Crippen molar-refractivity contribution in [3.8, 4) is 0 Å². The molecule has 0 amide bonds. The summed E-state index contributed by atoms with van der Waals surface area (Å²) in [6, 6.07) is 0. The quantitative estimate of drug-likeness (QED) is 0.153. The molecule has 0 aromatic rings. The van der Waals surface area contributed by atoms with Crippen molar-refractivity contribution in [1.29, 1.82) is 0 Å². The second-order valence-corrected chi connectivity index (χ2v) is 5.30. The highest BCUT2D eigenvalue weighted by atomic mass is 17.1. The summed E-state index contributed by atoms with van der Waals surface area (Å²) < 4.78 is 0. The van der Waals surface area contributed by atoms with Crippen molar-refractivity contribution in [1.82, 2.24) is 0 Å². The van der Waals surface area contributed by atoms with Crippen LogP contribution >= 0.6 is 0 Å². The molecule has 2 N–H and O–H groups in total. The average Bonchev–Trinajstić information content (AvgIpc) is 2.50. The van der Waals surface area contributed by atoms with Crippen molar-refractivity contribution in [2.75, 3.05) is 0 Å². The summed E-state index contributed by atoms with van der Waals surface area (Å²) in [5.41, 5.74) is 0. The lowest BCUT2D eigenvalue weighted by atomic mass is 10.1. The Bertz CT molecular complexity index is 345. The van der Waals surface area contributed by atoms with Gasteiger partial charge in [-0.25, -0.2) is 4.89 Å². The first-order valence-electron chi connectivity index (χ1n) is 8.21. The fourth-order valence-corrected chi connectivity index (χ4v) is 1.92. The maximum atomic E-state index is 10.3. The lowest BCUT2D eigenvalue weighted by molar-refractivity contribution is -0.264. The minimum Gasteiger partial charge on any atom is -0.481 e. The number of hydrogen-bond donors (Lipinski definition) is 2. The first kappa shape index (κ1) is 20.6. The maximum Gasteiger partial charge on any atom is 0.303 e. The Morgan fingerprint density at radius 1 is 1.05 bits per heavy atom. The lowest BCUT2D eigenvalue weighted by Crippen LogP contribution is -2.04. The minimum absolute atomic E-state index is 0.226. The van der Waals surface area contributed by atoms with Crippen LogP contribution < -0.4 is 0 Å². The van der Waals surface area contributed by atoms with Gasteiger partial charge in [-0.3, -0.25) is 10.1 Å². The van der Waals surface area contributed by atoms with Gasteiger partial charge in [0.2, 0.25) is 0 Å². The molecule has 0 aliphatic heterocycles. The molecule has 1 atom stereocenters. The smallest absolute Gasteiger partial charge is 0.303 e. The predicted molar refractivity (Wildman–Crippen MR) is 89.8 cm³/mol. The van der Waals surface area contributed by atoms with Crippen molar-refractivity contribution in [2.24, 2.45) is 0 Å². The van der Waals surface area contributed by atoms with Crippen molar-refractivity contribution in [3.63, 3.8) is 0 Å². The fraction of sp³-hybridized carbons (Fsp3) is 0.611. The van der Waals surface area contributed by atoms with E-state index in [4.69, 9.17) is 10.4 Å². The first-order chi connectivity index (χ1) is 10.7. The van der Waals surface area contributed by atoms with Crippen LogP contribution in [0.1, 0.15) is 64.7 Å². The molecule has 4 heteroatoms. The van der Waals surface area contributed by atoms with Crippen molar-refractivity contribution >= 4 is 5.97 Å². The van der Waals surface area contributed by atoms with E-state index in [9.17, 15) is 4.79 Å². The molecule has 0 saturated carbocycles. The van der Waals surface area contributed by atoms with E-state index in [0.717, 1.165) is 19.3 Å². The van der Waals surface area contributed by atoms with E-state index in [1.807, 2.05) is 30.4 Å². The van der Waals surface area contributed by atoms with Gasteiger partial charge in [0.1, 0.15) is 6.10 Å². The third-order valence-electron chi connectivity index (χ3n) is 3.23. The minimum atomic E-state index is -0.745. The van der Waals surface area contributed by atoms with Crippen LogP contribution in [0.15, 0.2) is 36.5 Å². The SMILES string of the molecule is CCCCCC=CC=C[C@H](CC=CCCCCC(=O)O)OO. The number of unbranched alkanes of at least 4 members (excludes halogenated alkanes) is 5. The molecule has 0 radical (unpaired) electrons. The first-order valence-corrected chi connectivity index (χ1v) is 8.21. The van der Waals surface area contributed by atoms with Crippen LogP contribution in [-0.2, 0) is 9.68 Å². The summed E-state index contributed by atoms with van der Waals surface area (Å²) in [7, 11) is 0. The third-order valence-corrected chi connectivity index (χ3v) is 3.23. The van der Waals surface area contributed by atoms with Gasteiger partial charge in [-0.15, -0.1) is 0 Å². The Balaban J connectivity index is 3.74. The average molecular weight is 310 g/mol. The molecule has 0 aromatic carbocycles. The van der Waals surface area contributed by atoms with Gasteiger partial charge in [0, 0.05) is 6.42 Å². The number of allylic oxidation sites excluding steroid dienone is 4. The lowest BCUT2D eigenvalue weighted by Gasteiger charge is -2.04. The van der Waals surface area contributed by atoms with Crippen molar-refractivity contribution < 1.29 is 20.0 Å². The molecule has 0 aliphatic rings. The van der Waals surface area contributed by atoms with Gasteiger partial charge in [-0.1, -0.05) is 56.2 Å². The number of rotatable bonds is 14. The molecule has 0 unspecified atom stereocenters. The Kier molecular flexibility index (Phi) is 15.0. The molecule has 0 aliphatic carbocycles. The summed E-state index contributed by atoms with van der Waals surface area (Å²) in [4.78, 5) is 14.7. The third kappa shape index (κ3) is 15.0. The van der Waals surface area contributed by atoms with Crippen LogP contribution in [0.25, 0.3) is 0 Å². The van der Waals surface area contributed by atoms with E-state index >= 15 is 0 Å². The Morgan fingerprint density at radius 3 is 2.45 bits per heavy atom. The number of hydrogen-bond acceptors (Lipinski definition) is 3. The van der Waals surface area contributed by atoms with Crippen LogP contribution in [0.2, 0.25) is 0 Å². The maximum absolute atomic E-state index is 10.3. The van der Waals surface area contributed by atoms with Gasteiger partial charge in [0.15, 0.2) is 0 Å². The molecule has 0 saturated heterocycles. The summed E-state index contributed by atoms with van der Waals surface area (Å²) >= 11 is 0. The van der Waals surface area contributed by atoms with E-state index in [1.165, 1.54) is 19.3 Å². The van der Waals surface area contributed by atoms with Gasteiger partial charge in [0.25, 0.3) is 0 Å². The molecule has 0 aromatic heterocycles. The van der Waals surface area contributed by atoms with Gasteiger partial charge < -0.3 is 5.11 Å². The zero-order valence-corrected chi connectivity index (χ0v) is 13.6. The molecule has 0 heterocycles. The van der Waals surface area contributed by atoms with Crippen molar-refractivity contribution in [2.45, 2.75) is 70.8 Å². The van der Waals surface area contributed by atoms with E-state index in [1.54, 1.807) is 0 Å². The number of carboxylic acid groups (broad SMARTS) is 1. The highest BCUT2D eigenvalue weighted by Gasteiger charge is 2.00. The number of carboxylic acids is 1. The largest absolute Gasteiger partial charge is 0.481 e. The summed E-state index contributed by atoms with van der Waals surface area (Å²) in [6.45, 7) is 2.19. The molecule has 0 rings (SSSR count). The van der Waals surface area contributed by atoms with Crippen molar-refractivity contribution in [3.05, 3.63) is 36.5 Å². The number of aliphatic carboxylic acids is 1. The molecular weight excluding hydrogens is 280 g/mol. The molecule has 0 fully saturated rings. The van der Waals surface area contributed by atoms with Crippen LogP contribution in [-0.4, -0.2) is 22.4 Å². The zero-order valence-electron chi connectivity index (χ0n) is 13.6. The highest BCUT2D eigenvalue weighted by Crippen LogP contribution is 2.05. The molecule has 0 spiro atoms. The summed E-state index contributed by atoms with van der Waals surface area (Å²) in [6.07, 6.45) is 19.5. The van der Waals surface area contributed by atoms with Gasteiger partial charge in [-0.2, -0.15) is 0 Å². The Labute approximate surface area is 134 Å². The summed E-state index contributed by atoms with van der Waals surface area (Å²) in [5, 5.41) is 17.3. The Hall–Kier alpha value is -1.39. The highest BCUT2D eigenvalue weighted by molar-refractivity contribution is 5.66. The zero-order chi connectivity index (χ0) is 16.5. The van der Waals surface area contributed by atoms with Crippen LogP contribution in [0, 0.1) is 0 Å². The van der Waals surface area contributed by atoms with E-state index in [0.29, 0.717) is 12.8 Å². The normalized spacial score (nSPS) is 13.5. The predicted octanol–water partition coefficient (Wildman–Crippen LogP) is 5.13. The van der Waals surface area contributed by atoms with E-state index in [2.05, 4.69) is 17.9 Å². The second kappa shape index (κ2) is 16.0. The fourth-order valence-electron chi connectivity index (χ4n) is 1.92.